The van der Waals surface area contributed by atoms with Gasteiger partial charge in [-0.05, 0) is 66.1 Å². The van der Waals surface area contributed by atoms with E-state index >= 15 is 0 Å². The van der Waals surface area contributed by atoms with E-state index in [0.717, 1.165) is 21.5 Å². The van der Waals surface area contributed by atoms with Crippen LogP contribution in [0.4, 0.5) is 13.2 Å². The Morgan fingerprint density at radius 1 is 1.05 bits per heavy atom. The molecule has 12 heteroatoms. The van der Waals surface area contributed by atoms with Crippen LogP contribution in [0.15, 0.2) is 93.9 Å². The minimum absolute atomic E-state index is 0.120. The molecule has 42 heavy (non-hydrogen) atoms. The molecule has 1 aliphatic rings. The molecule has 0 amide bonds. The van der Waals surface area contributed by atoms with Crippen molar-refractivity contribution < 1.29 is 27.4 Å². The highest BCUT2D eigenvalue weighted by atomic mass is 35.5. The van der Waals surface area contributed by atoms with Crippen molar-refractivity contribution in [3.63, 3.8) is 0 Å². The summed E-state index contributed by atoms with van der Waals surface area (Å²) in [6, 6.07) is 18.5. The second kappa shape index (κ2) is 12.2. The molecule has 4 aromatic rings. The first kappa shape index (κ1) is 29.6. The van der Waals surface area contributed by atoms with Crippen molar-refractivity contribution in [2.45, 2.75) is 25.7 Å². The summed E-state index contributed by atoms with van der Waals surface area (Å²) in [7, 11) is 0. The van der Waals surface area contributed by atoms with E-state index < -0.39 is 35.0 Å². The Morgan fingerprint density at radius 3 is 2.36 bits per heavy atom. The van der Waals surface area contributed by atoms with Crippen LogP contribution < -0.4 is 19.6 Å². The first-order valence-corrected chi connectivity index (χ1v) is 14.2. The summed E-state index contributed by atoms with van der Waals surface area (Å²) in [6.45, 7) is 1.59. The normalized spacial score (nSPS) is 15.3. The number of nitrogens with zero attached hydrogens (tertiary/aromatic N) is 2. The molecule has 0 saturated heterocycles. The summed E-state index contributed by atoms with van der Waals surface area (Å²) in [5, 5.41) is 0.944. The highest BCUT2D eigenvalue weighted by Crippen LogP contribution is 2.38. The molecule has 0 bridgehead atoms. The molecule has 0 unspecified atom stereocenters. The van der Waals surface area contributed by atoms with Gasteiger partial charge in [-0.2, -0.15) is 13.2 Å². The molecule has 6 nitrogen and oxygen atoms in total. The summed E-state index contributed by atoms with van der Waals surface area (Å²) < 4.78 is 54.8. The number of carbonyl (C=O) groups is 1. The predicted molar refractivity (Wildman–Crippen MR) is 154 cm³/mol. The van der Waals surface area contributed by atoms with E-state index in [4.69, 9.17) is 32.7 Å². The van der Waals surface area contributed by atoms with Crippen molar-refractivity contribution in [1.82, 2.24) is 4.57 Å². The van der Waals surface area contributed by atoms with Crippen LogP contribution in [0.5, 0.6) is 5.75 Å². The first-order valence-electron chi connectivity index (χ1n) is 12.6. The van der Waals surface area contributed by atoms with Gasteiger partial charge < -0.3 is 9.47 Å². The highest BCUT2D eigenvalue weighted by Gasteiger charge is 2.45. The topological polar surface area (TPSA) is 69.9 Å². The van der Waals surface area contributed by atoms with Crippen molar-refractivity contribution in [1.29, 1.82) is 0 Å². The van der Waals surface area contributed by atoms with E-state index in [-0.39, 0.29) is 28.1 Å². The van der Waals surface area contributed by atoms with E-state index in [1.54, 1.807) is 42.5 Å². The molecule has 1 atom stereocenters. The third-order valence-corrected chi connectivity index (χ3v) is 7.74. The zero-order valence-corrected chi connectivity index (χ0v) is 24.2. The number of rotatable bonds is 7. The molecule has 216 valence electrons. The lowest BCUT2D eigenvalue weighted by atomic mass is 9.95. The highest BCUT2D eigenvalue weighted by molar-refractivity contribution is 7.07. The molecule has 1 aliphatic heterocycles. The minimum Gasteiger partial charge on any atom is -0.489 e. The third kappa shape index (κ3) is 6.30. The lowest BCUT2D eigenvalue weighted by Gasteiger charge is -2.26. The molecule has 5 rings (SSSR count). The fourth-order valence-corrected chi connectivity index (χ4v) is 5.65. The molecule has 1 aromatic heterocycles. The second-order valence-electron chi connectivity index (χ2n) is 9.10. The van der Waals surface area contributed by atoms with Crippen molar-refractivity contribution >= 4 is 46.6 Å². The number of carbonyl (C=O) groups excluding carboxylic acids is 1. The van der Waals surface area contributed by atoms with Crippen LogP contribution in [0, 0.1) is 0 Å². The van der Waals surface area contributed by atoms with Gasteiger partial charge in [0, 0.05) is 10.0 Å². The number of hydrogen-bond donors (Lipinski definition) is 0. The largest absolute Gasteiger partial charge is 0.489 e. The van der Waals surface area contributed by atoms with Gasteiger partial charge in [0.15, 0.2) is 10.5 Å². The van der Waals surface area contributed by atoms with E-state index in [9.17, 15) is 22.8 Å². The number of allylic oxidation sites excluding steroid dienone is 1. The van der Waals surface area contributed by atoms with Crippen molar-refractivity contribution in [2.24, 2.45) is 4.99 Å². The van der Waals surface area contributed by atoms with Gasteiger partial charge in [-0.25, -0.2) is 9.79 Å². The van der Waals surface area contributed by atoms with Crippen molar-refractivity contribution in [2.75, 3.05) is 6.61 Å². The van der Waals surface area contributed by atoms with Crippen LogP contribution in [0.1, 0.15) is 29.7 Å². The van der Waals surface area contributed by atoms with Crippen LogP contribution in [0.2, 0.25) is 10.0 Å². The molecular weight excluding hydrogens is 612 g/mol. The van der Waals surface area contributed by atoms with Crippen LogP contribution in [-0.4, -0.2) is 23.3 Å². The standard InChI is InChI=1S/C30H21Cl2F3N2O4S/c1-2-40-28(39)24-25(19-8-12-21(32)13-9-19)37-27(38)23(42-29(37)36-26(24)30(33,34)35)15-18-4-3-5-22(14-18)41-16-17-6-10-20(31)11-7-17/h3-15,25H,2,16H2,1H3/b23-15+/t25-/m1/s1. The number of ether oxygens (including phenoxy) is 2. The zero-order chi connectivity index (χ0) is 30.0. The lowest BCUT2D eigenvalue weighted by molar-refractivity contribution is -0.140. The SMILES string of the molecule is CCOC(=O)C1=C(C(F)(F)F)N=c2s/c(=C/c3cccc(OCc4ccc(Cl)cc4)c3)c(=O)n2[C@@H]1c1ccc(Cl)cc1. The number of aromatic nitrogens is 1. The quantitative estimate of drug-likeness (QED) is 0.227. The fraction of sp³-hybridized carbons (Fsp3) is 0.167. The van der Waals surface area contributed by atoms with Crippen LogP contribution in [-0.2, 0) is 16.1 Å². The maximum absolute atomic E-state index is 14.3. The number of halogens is 5. The average Bonchev–Trinajstić information content (AvgIpc) is 3.26. The zero-order valence-electron chi connectivity index (χ0n) is 21.8. The van der Waals surface area contributed by atoms with E-state index in [1.807, 2.05) is 12.1 Å². The smallest absolute Gasteiger partial charge is 0.434 e. The molecule has 3 aromatic carbocycles. The van der Waals surface area contributed by atoms with Gasteiger partial charge in [-0.1, -0.05) is 70.9 Å². The molecular formula is C30H21Cl2F3N2O4S. The Hall–Kier alpha value is -3.86. The monoisotopic (exact) mass is 632 g/mol. The van der Waals surface area contributed by atoms with Gasteiger partial charge in [0.25, 0.3) is 5.56 Å². The molecule has 0 N–H and O–H groups in total. The molecule has 0 saturated carbocycles. The van der Waals surface area contributed by atoms with Gasteiger partial charge in [-0.3, -0.25) is 9.36 Å². The number of benzene rings is 3. The summed E-state index contributed by atoms with van der Waals surface area (Å²) in [4.78, 5) is 30.2. The number of esters is 1. The van der Waals surface area contributed by atoms with Crippen molar-refractivity contribution in [3.05, 3.63) is 130 Å². The summed E-state index contributed by atoms with van der Waals surface area (Å²) in [5.74, 6) is -0.692. The lowest BCUT2D eigenvalue weighted by Crippen LogP contribution is -2.41. The average molecular weight is 633 g/mol. The molecule has 0 fully saturated rings. The summed E-state index contributed by atoms with van der Waals surface area (Å²) in [5.41, 5.74) is -1.08. The third-order valence-electron chi connectivity index (χ3n) is 6.26. The Morgan fingerprint density at radius 2 is 1.71 bits per heavy atom. The van der Waals surface area contributed by atoms with Crippen LogP contribution in [0.3, 0.4) is 0 Å². The Balaban J connectivity index is 1.61. The number of fused-ring (bicyclic) bond motifs is 1. The Labute approximate surface area is 251 Å². The molecule has 0 spiro atoms. The van der Waals surface area contributed by atoms with Crippen LogP contribution >= 0.6 is 34.5 Å². The van der Waals surface area contributed by atoms with Gasteiger partial charge in [0.05, 0.1) is 22.8 Å². The number of alkyl halides is 3. The fourth-order valence-electron chi connectivity index (χ4n) is 4.39. The van der Waals surface area contributed by atoms with Crippen molar-refractivity contribution in [3.8, 4) is 5.75 Å². The summed E-state index contributed by atoms with van der Waals surface area (Å²) in [6.07, 6.45) is -3.45. The summed E-state index contributed by atoms with van der Waals surface area (Å²) >= 11 is 12.7. The van der Waals surface area contributed by atoms with E-state index in [0.29, 0.717) is 21.4 Å². The maximum atomic E-state index is 14.3. The molecule has 0 radical (unpaired) electrons. The Kier molecular flexibility index (Phi) is 8.58. The van der Waals surface area contributed by atoms with E-state index in [2.05, 4.69) is 4.99 Å². The van der Waals surface area contributed by atoms with E-state index in [1.165, 1.54) is 31.2 Å². The van der Waals surface area contributed by atoms with Gasteiger partial charge in [-0.15, -0.1) is 0 Å². The Bertz CT molecular complexity index is 1850. The number of hydrogen-bond acceptors (Lipinski definition) is 6. The predicted octanol–water partition coefficient (Wildman–Crippen LogP) is 6.23. The molecule has 0 aliphatic carbocycles. The van der Waals surface area contributed by atoms with Gasteiger partial charge in [0.1, 0.15) is 12.4 Å². The molecule has 2 heterocycles. The minimum atomic E-state index is -4.99. The van der Waals surface area contributed by atoms with Crippen LogP contribution in [0.25, 0.3) is 6.08 Å². The maximum Gasteiger partial charge on any atom is 0.434 e. The second-order valence-corrected chi connectivity index (χ2v) is 11.0. The van der Waals surface area contributed by atoms with Gasteiger partial charge in [0.2, 0.25) is 0 Å². The first-order chi connectivity index (χ1) is 20.0. The number of thiazole rings is 1. The van der Waals surface area contributed by atoms with Gasteiger partial charge >= 0.3 is 12.1 Å².